The van der Waals surface area contributed by atoms with Gasteiger partial charge in [-0.3, -0.25) is 20.3 Å². The van der Waals surface area contributed by atoms with E-state index in [9.17, 15) is 8.42 Å². The average Bonchev–Trinajstić information content (AvgIpc) is 3.04. The first-order chi connectivity index (χ1) is 12.2. The first kappa shape index (κ1) is 18.9. The molecule has 2 heterocycles. The predicted molar refractivity (Wildman–Crippen MR) is 104 cm³/mol. The fourth-order valence-corrected chi connectivity index (χ4v) is 5.48. The molecule has 0 spiro atoms. The number of anilines is 1. The predicted octanol–water partition coefficient (Wildman–Crippen LogP) is 1.85. The van der Waals surface area contributed by atoms with Crippen molar-refractivity contribution in [2.24, 2.45) is 0 Å². The van der Waals surface area contributed by atoms with Crippen molar-refractivity contribution in [3.63, 3.8) is 0 Å². The molecule has 3 rings (SSSR count). The highest BCUT2D eigenvalue weighted by Gasteiger charge is 2.40. The van der Waals surface area contributed by atoms with Crippen LogP contribution in [0.15, 0.2) is 24.3 Å². The van der Waals surface area contributed by atoms with Crippen LogP contribution < -0.4 is 15.6 Å². The minimum absolute atomic E-state index is 0.176. The topological polar surface area (TPSA) is 88.0 Å². The molecular formula is C18H27N5O2S. The number of benzene rings is 1. The average molecular weight is 378 g/mol. The summed E-state index contributed by atoms with van der Waals surface area (Å²) in [6.07, 6.45) is 0. The molecule has 2 aromatic rings. The van der Waals surface area contributed by atoms with Crippen LogP contribution in [-0.4, -0.2) is 35.5 Å². The van der Waals surface area contributed by atoms with Gasteiger partial charge in [0, 0.05) is 12.1 Å². The quantitative estimate of drug-likeness (QED) is 0.740. The number of hydrazine groups is 1. The van der Waals surface area contributed by atoms with E-state index >= 15 is 0 Å². The number of sulfonamides is 1. The van der Waals surface area contributed by atoms with Crippen LogP contribution in [0.1, 0.15) is 36.4 Å². The molecule has 2 atom stereocenters. The van der Waals surface area contributed by atoms with E-state index in [0.717, 1.165) is 5.69 Å². The van der Waals surface area contributed by atoms with Gasteiger partial charge in [-0.2, -0.15) is 5.10 Å². The summed E-state index contributed by atoms with van der Waals surface area (Å²) in [5.41, 5.74) is 10.4. The second-order valence-corrected chi connectivity index (χ2v) is 8.95. The summed E-state index contributed by atoms with van der Waals surface area (Å²) in [6, 6.07) is 7.78. The van der Waals surface area contributed by atoms with Gasteiger partial charge in [0.15, 0.2) is 0 Å². The maximum Gasteiger partial charge on any atom is 0.238 e. The summed E-state index contributed by atoms with van der Waals surface area (Å²) in [7, 11) is -3.55. The third-order valence-corrected chi connectivity index (χ3v) is 7.11. The number of aromatic nitrogens is 2. The summed E-state index contributed by atoms with van der Waals surface area (Å²) < 4.78 is 30.5. The first-order valence-corrected chi connectivity index (χ1v) is 10.4. The molecule has 8 heteroatoms. The maximum absolute atomic E-state index is 12.9. The van der Waals surface area contributed by atoms with Gasteiger partial charge in [0.2, 0.25) is 10.0 Å². The van der Waals surface area contributed by atoms with Crippen LogP contribution in [0.2, 0.25) is 0 Å². The summed E-state index contributed by atoms with van der Waals surface area (Å²) in [5.74, 6) is 0. The van der Waals surface area contributed by atoms with Crippen LogP contribution in [0.4, 0.5) is 5.69 Å². The number of aryl methyl sites for hydroxylation is 2. The first-order valence-electron chi connectivity index (χ1n) is 8.82. The van der Waals surface area contributed by atoms with Crippen molar-refractivity contribution in [2.45, 2.75) is 58.5 Å². The van der Waals surface area contributed by atoms with Gasteiger partial charge in [0.05, 0.1) is 23.6 Å². The van der Waals surface area contributed by atoms with Crippen molar-refractivity contribution in [3.8, 4) is 0 Å². The lowest BCUT2D eigenvalue weighted by Crippen LogP contribution is -2.41. The molecule has 0 aliphatic carbocycles. The van der Waals surface area contributed by atoms with Crippen molar-refractivity contribution >= 4 is 15.7 Å². The Morgan fingerprint density at radius 2 is 1.73 bits per heavy atom. The zero-order valence-corrected chi connectivity index (χ0v) is 16.7. The third-order valence-electron chi connectivity index (χ3n) is 5.09. The molecule has 1 aromatic heterocycles. The highest BCUT2D eigenvalue weighted by Crippen LogP contribution is 2.25. The van der Waals surface area contributed by atoms with Crippen LogP contribution in [0.25, 0.3) is 0 Å². The SMILES string of the molecule is Cc1ccccc1Cn1nc(C)c(NS(=O)(=O)C2C(C)NNC2C)c1C. The van der Waals surface area contributed by atoms with Gasteiger partial charge in [-0.1, -0.05) is 24.3 Å². The van der Waals surface area contributed by atoms with Crippen molar-refractivity contribution in [3.05, 3.63) is 46.8 Å². The zero-order valence-electron chi connectivity index (χ0n) is 15.9. The van der Waals surface area contributed by atoms with E-state index in [1.165, 1.54) is 11.1 Å². The van der Waals surface area contributed by atoms with Gasteiger partial charge in [0.1, 0.15) is 5.25 Å². The van der Waals surface area contributed by atoms with E-state index in [-0.39, 0.29) is 12.1 Å². The molecule has 142 valence electrons. The molecule has 0 saturated carbocycles. The van der Waals surface area contributed by atoms with Gasteiger partial charge in [0.25, 0.3) is 0 Å². The number of hydrogen-bond donors (Lipinski definition) is 3. The Kier molecular flexibility index (Phi) is 5.09. The molecule has 0 bridgehead atoms. The van der Waals surface area contributed by atoms with Gasteiger partial charge >= 0.3 is 0 Å². The van der Waals surface area contributed by atoms with E-state index in [4.69, 9.17) is 0 Å². The Labute approximate surface area is 155 Å². The minimum atomic E-state index is -3.55. The lowest BCUT2D eigenvalue weighted by atomic mass is 10.1. The number of hydrogen-bond acceptors (Lipinski definition) is 5. The lowest BCUT2D eigenvalue weighted by molar-refractivity contribution is 0.564. The zero-order chi connectivity index (χ0) is 19.1. The molecule has 7 nitrogen and oxygen atoms in total. The molecule has 2 unspecified atom stereocenters. The fourth-order valence-electron chi connectivity index (χ4n) is 3.56. The molecular weight excluding hydrogens is 350 g/mol. The summed E-state index contributed by atoms with van der Waals surface area (Å²) >= 11 is 0. The Bertz CT molecular complexity index is 896. The van der Waals surface area contributed by atoms with Crippen LogP contribution in [0.3, 0.4) is 0 Å². The standard InChI is InChI=1S/C18H27N5O2S/c1-11-8-6-7-9-16(11)10-23-15(5)17(12(2)21-23)22-26(24,25)18-13(3)19-20-14(18)4/h6-9,13-14,18-20,22H,10H2,1-5H3. The number of nitrogens with zero attached hydrogens (tertiary/aromatic N) is 2. The van der Waals surface area contributed by atoms with Crippen molar-refractivity contribution < 1.29 is 8.42 Å². The van der Waals surface area contributed by atoms with Crippen molar-refractivity contribution in [1.82, 2.24) is 20.6 Å². The fraction of sp³-hybridized carbons (Fsp3) is 0.500. The molecule has 1 fully saturated rings. The van der Waals surface area contributed by atoms with Gasteiger partial charge in [-0.25, -0.2) is 8.42 Å². The molecule has 0 amide bonds. The van der Waals surface area contributed by atoms with Gasteiger partial charge < -0.3 is 0 Å². The number of rotatable bonds is 5. The Balaban J connectivity index is 1.88. The van der Waals surface area contributed by atoms with E-state index in [1.807, 2.05) is 44.5 Å². The highest BCUT2D eigenvalue weighted by atomic mass is 32.2. The van der Waals surface area contributed by atoms with Crippen LogP contribution in [0, 0.1) is 20.8 Å². The Morgan fingerprint density at radius 3 is 2.35 bits per heavy atom. The van der Waals surface area contributed by atoms with Crippen LogP contribution >= 0.6 is 0 Å². The second-order valence-electron chi connectivity index (χ2n) is 7.11. The highest BCUT2D eigenvalue weighted by molar-refractivity contribution is 7.93. The smallest absolute Gasteiger partial charge is 0.238 e. The van der Waals surface area contributed by atoms with Crippen molar-refractivity contribution in [1.29, 1.82) is 0 Å². The second kappa shape index (κ2) is 7.02. The van der Waals surface area contributed by atoms with Crippen molar-refractivity contribution in [2.75, 3.05) is 4.72 Å². The maximum atomic E-state index is 12.9. The Hall–Kier alpha value is -1.90. The summed E-state index contributed by atoms with van der Waals surface area (Å²) in [4.78, 5) is 0. The van der Waals surface area contributed by atoms with E-state index in [0.29, 0.717) is 17.9 Å². The monoisotopic (exact) mass is 377 g/mol. The van der Waals surface area contributed by atoms with E-state index < -0.39 is 15.3 Å². The summed E-state index contributed by atoms with van der Waals surface area (Å²) in [5, 5.41) is 4.00. The van der Waals surface area contributed by atoms with Gasteiger partial charge in [-0.05, 0) is 45.7 Å². The molecule has 1 aromatic carbocycles. The van der Waals surface area contributed by atoms with Crippen LogP contribution in [-0.2, 0) is 16.6 Å². The molecule has 3 N–H and O–H groups in total. The largest absolute Gasteiger partial charge is 0.279 e. The molecule has 1 saturated heterocycles. The van der Waals surface area contributed by atoms with Gasteiger partial charge in [-0.15, -0.1) is 0 Å². The minimum Gasteiger partial charge on any atom is -0.279 e. The molecule has 1 aliphatic rings. The third kappa shape index (κ3) is 3.49. The molecule has 0 radical (unpaired) electrons. The Morgan fingerprint density at radius 1 is 1.12 bits per heavy atom. The van der Waals surface area contributed by atoms with E-state index in [1.54, 1.807) is 0 Å². The van der Waals surface area contributed by atoms with Crippen LogP contribution in [0.5, 0.6) is 0 Å². The normalized spacial score (nSPS) is 23.3. The molecule has 26 heavy (non-hydrogen) atoms. The number of nitrogens with one attached hydrogen (secondary N) is 3. The lowest BCUT2D eigenvalue weighted by Gasteiger charge is -2.19. The van der Waals surface area contributed by atoms with E-state index in [2.05, 4.69) is 39.7 Å². The summed E-state index contributed by atoms with van der Waals surface area (Å²) in [6.45, 7) is 10.1. The molecule has 1 aliphatic heterocycles.